The number of hydrogen-bond acceptors (Lipinski definition) is 4. The van der Waals surface area contributed by atoms with E-state index in [2.05, 4.69) is 11.4 Å². The van der Waals surface area contributed by atoms with Crippen molar-refractivity contribution < 1.29 is 14.0 Å². The molecule has 0 bridgehead atoms. The molecule has 0 saturated heterocycles. The van der Waals surface area contributed by atoms with Gasteiger partial charge in [-0.05, 0) is 72.9 Å². The maximum atomic E-state index is 13.9. The van der Waals surface area contributed by atoms with Gasteiger partial charge >= 0.3 is 0 Å². The summed E-state index contributed by atoms with van der Waals surface area (Å²) in [6.45, 7) is 0.922. The summed E-state index contributed by atoms with van der Waals surface area (Å²) in [6, 6.07) is 14.5. The van der Waals surface area contributed by atoms with Crippen LogP contribution in [0.3, 0.4) is 0 Å². The third kappa shape index (κ3) is 4.71. The molecule has 7 heteroatoms. The molecule has 1 aromatic heterocycles. The van der Waals surface area contributed by atoms with Gasteiger partial charge in [-0.2, -0.15) is 5.26 Å². The van der Waals surface area contributed by atoms with Crippen LogP contribution in [0, 0.1) is 17.1 Å². The second-order valence-electron chi connectivity index (χ2n) is 9.08. The Kier molecular flexibility index (Phi) is 6.65. The lowest BCUT2D eigenvalue weighted by molar-refractivity contribution is -0.132. The number of hydrogen-bond donors (Lipinski definition) is 1. The minimum absolute atomic E-state index is 0.0492. The normalized spacial score (nSPS) is 14.6. The summed E-state index contributed by atoms with van der Waals surface area (Å²) in [7, 11) is 0. The van der Waals surface area contributed by atoms with Gasteiger partial charge in [-0.3, -0.25) is 9.59 Å². The second kappa shape index (κ2) is 10.0. The zero-order chi connectivity index (χ0) is 24.4. The highest BCUT2D eigenvalue weighted by atomic mass is 32.1. The van der Waals surface area contributed by atoms with E-state index in [0.717, 1.165) is 42.4 Å². The Balaban J connectivity index is 1.32. The molecular weight excluding hydrogens is 461 g/mol. The van der Waals surface area contributed by atoms with Crippen molar-refractivity contribution in [3.05, 3.63) is 86.5 Å². The van der Waals surface area contributed by atoms with Gasteiger partial charge in [-0.25, -0.2) is 4.39 Å². The maximum absolute atomic E-state index is 13.9. The number of halogens is 1. The van der Waals surface area contributed by atoms with Gasteiger partial charge in [-0.1, -0.05) is 30.3 Å². The average molecular weight is 488 g/mol. The smallest absolute Gasteiger partial charge is 0.256 e. The minimum atomic E-state index is -0.296. The number of nitriles is 1. The predicted molar refractivity (Wildman–Crippen MR) is 134 cm³/mol. The molecule has 2 amide bonds. The van der Waals surface area contributed by atoms with Crippen molar-refractivity contribution in [2.75, 3.05) is 11.9 Å². The molecular formula is C28H26FN3O2S. The van der Waals surface area contributed by atoms with Crippen molar-refractivity contribution in [3.8, 4) is 6.07 Å². The summed E-state index contributed by atoms with van der Waals surface area (Å²) < 4.78 is 13.9. The summed E-state index contributed by atoms with van der Waals surface area (Å²) in [6.07, 6.45) is 5.24. The topological polar surface area (TPSA) is 73.2 Å². The van der Waals surface area contributed by atoms with E-state index < -0.39 is 0 Å². The maximum Gasteiger partial charge on any atom is 0.256 e. The number of nitrogens with one attached hydrogen (secondary N) is 1. The molecule has 0 spiro atoms. The van der Waals surface area contributed by atoms with Crippen LogP contribution in [-0.4, -0.2) is 23.3 Å². The van der Waals surface area contributed by atoms with Crippen molar-refractivity contribution in [2.24, 2.45) is 0 Å². The van der Waals surface area contributed by atoms with E-state index in [1.165, 1.54) is 22.3 Å². The Bertz CT molecular complexity index is 1340. The summed E-state index contributed by atoms with van der Waals surface area (Å²) in [4.78, 5) is 29.2. The monoisotopic (exact) mass is 487 g/mol. The van der Waals surface area contributed by atoms with Gasteiger partial charge in [-0.15, -0.1) is 11.3 Å². The SMILES string of the molecule is N#Cc1c(NC(=O)c2cccc3c2CN(C(=O)CCc2ccccc2F)CC3)sc2c1CCCC2. The summed E-state index contributed by atoms with van der Waals surface area (Å²) >= 11 is 1.51. The number of nitrogens with zero attached hydrogens (tertiary/aromatic N) is 2. The van der Waals surface area contributed by atoms with Gasteiger partial charge in [0.25, 0.3) is 5.91 Å². The highest BCUT2D eigenvalue weighted by Gasteiger charge is 2.27. The number of anilines is 1. The zero-order valence-electron chi connectivity index (χ0n) is 19.4. The third-order valence-corrected chi connectivity index (χ3v) is 8.15. The average Bonchev–Trinajstić information content (AvgIpc) is 3.24. The Labute approximate surface area is 208 Å². The molecule has 1 N–H and O–H groups in total. The lowest BCUT2D eigenvalue weighted by Crippen LogP contribution is -2.37. The predicted octanol–water partition coefficient (Wildman–Crippen LogP) is 5.41. The standard InChI is InChI=1S/C28H26FN3O2S/c29-24-10-3-1-6-19(24)12-13-26(33)32-15-14-18-7-5-9-21(23(18)17-32)27(34)31-28-22(16-30)20-8-2-4-11-25(20)35-28/h1,3,5-7,9-10H,2,4,8,11-15,17H2,(H,31,34). The third-order valence-electron chi connectivity index (χ3n) is 6.95. The van der Waals surface area contributed by atoms with Gasteiger partial charge < -0.3 is 10.2 Å². The fourth-order valence-electron chi connectivity index (χ4n) is 5.05. The number of thiophene rings is 1. The molecule has 0 fully saturated rings. The van der Waals surface area contributed by atoms with Gasteiger partial charge in [0.1, 0.15) is 16.9 Å². The van der Waals surface area contributed by atoms with Crippen molar-refractivity contribution in [2.45, 2.75) is 51.5 Å². The molecule has 35 heavy (non-hydrogen) atoms. The number of aryl methyl sites for hydroxylation is 2. The molecule has 5 rings (SSSR count). The van der Waals surface area contributed by atoms with Crippen LogP contribution >= 0.6 is 11.3 Å². The molecule has 1 aliphatic carbocycles. The molecule has 0 saturated carbocycles. The van der Waals surface area contributed by atoms with Gasteiger partial charge in [0.15, 0.2) is 0 Å². The Morgan fingerprint density at radius 3 is 2.71 bits per heavy atom. The molecule has 5 nitrogen and oxygen atoms in total. The lowest BCUT2D eigenvalue weighted by atomic mass is 9.94. The number of amides is 2. The molecule has 0 radical (unpaired) electrons. The van der Waals surface area contributed by atoms with Crippen LogP contribution < -0.4 is 5.32 Å². The van der Waals surface area contributed by atoms with Crippen LogP contribution in [0.1, 0.15) is 62.3 Å². The van der Waals surface area contributed by atoms with E-state index in [4.69, 9.17) is 0 Å². The van der Waals surface area contributed by atoms with E-state index in [1.807, 2.05) is 12.1 Å². The number of carbonyl (C=O) groups excluding carboxylic acids is 2. The van der Waals surface area contributed by atoms with E-state index in [1.54, 1.807) is 29.2 Å². The summed E-state index contributed by atoms with van der Waals surface area (Å²) in [5.41, 5.74) is 4.64. The Morgan fingerprint density at radius 1 is 1.06 bits per heavy atom. The summed E-state index contributed by atoms with van der Waals surface area (Å²) in [5.74, 6) is -0.598. The molecule has 2 aliphatic rings. The fourth-order valence-corrected chi connectivity index (χ4v) is 6.28. The van der Waals surface area contributed by atoms with Crippen LogP contribution in [0.2, 0.25) is 0 Å². The molecule has 0 unspecified atom stereocenters. The molecule has 1 aliphatic heterocycles. The van der Waals surface area contributed by atoms with Gasteiger partial charge in [0, 0.05) is 30.0 Å². The molecule has 2 heterocycles. The van der Waals surface area contributed by atoms with Crippen LogP contribution in [0.4, 0.5) is 9.39 Å². The highest BCUT2D eigenvalue weighted by molar-refractivity contribution is 7.16. The number of fused-ring (bicyclic) bond motifs is 2. The van der Waals surface area contributed by atoms with E-state index >= 15 is 0 Å². The lowest BCUT2D eigenvalue weighted by Gasteiger charge is -2.30. The van der Waals surface area contributed by atoms with Gasteiger partial charge in [0.05, 0.1) is 5.56 Å². The summed E-state index contributed by atoms with van der Waals surface area (Å²) in [5, 5.41) is 13.3. The van der Waals surface area contributed by atoms with Crippen LogP contribution in [0.25, 0.3) is 0 Å². The second-order valence-corrected chi connectivity index (χ2v) is 10.2. The van der Waals surface area contributed by atoms with Crippen molar-refractivity contribution in [1.29, 1.82) is 5.26 Å². The molecule has 2 aromatic carbocycles. The minimum Gasteiger partial charge on any atom is -0.338 e. The Hall–Kier alpha value is -3.50. The van der Waals surface area contributed by atoms with E-state index in [-0.39, 0.29) is 24.1 Å². The first-order valence-electron chi connectivity index (χ1n) is 12.0. The molecule has 178 valence electrons. The number of rotatable bonds is 5. The molecule has 0 atom stereocenters. The Morgan fingerprint density at radius 2 is 1.89 bits per heavy atom. The van der Waals surface area contributed by atoms with Crippen LogP contribution in [0.5, 0.6) is 0 Å². The first-order chi connectivity index (χ1) is 17.0. The largest absolute Gasteiger partial charge is 0.338 e. The van der Waals surface area contributed by atoms with Crippen molar-refractivity contribution in [3.63, 3.8) is 0 Å². The zero-order valence-corrected chi connectivity index (χ0v) is 20.2. The van der Waals surface area contributed by atoms with Crippen LogP contribution in [0.15, 0.2) is 42.5 Å². The number of carbonyl (C=O) groups is 2. The first kappa shape index (κ1) is 23.3. The first-order valence-corrected chi connectivity index (χ1v) is 12.8. The van der Waals surface area contributed by atoms with Crippen molar-refractivity contribution in [1.82, 2.24) is 4.90 Å². The fraction of sp³-hybridized carbons (Fsp3) is 0.321. The quantitative estimate of drug-likeness (QED) is 0.523. The van der Waals surface area contributed by atoms with Gasteiger partial charge in [0.2, 0.25) is 5.91 Å². The van der Waals surface area contributed by atoms with E-state index in [9.17, 15) is 19.2 Å². The van der Waals surface area contributed by atoms with Crippen molar-refractivity contribution >= 4 is 28.2 Å². The van der Waals surface area contributed by atoms with Crippen LogP contribution in [-0.2, 0) is 37.0 Å². The number of benzene rings is 2. The van der Waals surface area contributed by atoms with E-state index in [0.29, 0.717) is 47.6 Å². The highest BCUT2D eigenvalue weighted by Crippen LogP contribution is 2.38. The molecule has 3 aromatic rings.